The quantitative estimate of drug-likeness (QED) is 0.529. The summed E-state index contributed by atoms with van der Waals surface area (Å²) in [6.45, 7) is 2.00. The number of benzene rings is 2. The molecule has 4 nitrogen and oxygen atoms in total. The van der Waals surface area contributed by atoms with Crippen LogP contribution in [-0.4, -0.2) is 15.5 Å². The third-order valence-electron chi connectivity index (χ3n) is 4.50. The van der Waals surface area contributed by atoms with Crippen molar-refractivity contribution in [3.05, 3.63) is 95.2 Å². The minimum absolute atomic E-state index is 0.0463. The van der Waals surface area contributed by atoms with E-state index in [2.05, 4.69) is 10.3 Å². The Balaban J connectivity index is 1.50. The molecule has 0 fully saturated rings. The zero-order valence-electron chi connectivity index (χ0n) is 14.9. The van der Waals surface area contributed by atoms with Crippen LogP contribution in [0.3, 0.4) is 0 Å². The number of hydrogen-bond donors (Lipinski definition) is 1. The average Bonchev–Trinajstić information content (AvgIpc) is 3.41. The Bertz CT molecular complexity index is 1020. The Kier molecular flexibility index (Phi) is 4.85. The van der Waals surface area contributed by atoms with Crippen LogP contribution >= 0.6 is 11.3 Å². The number of rotatable bonds is 5. The fourth-order valence-corrected chi connectivity index (χ4v) is 3.84. The molecule has 27 heavy (non-hydrogen) atoms. The van der Waals surface area contributed by atoms with E-state index >= 15 is 0 Å². The lowest BCUT2D eigenvalue weighted by molar-refractivity contribution is 0.0944. The molecule has 5 heteroatoms. The first-order valence-corrected chi connectivity index (χ1v) is 9.62. The van der Waals surface area contributed by atoms with E-state index in [1.807, 2.05) is 83.7 Å². The van der Waals surface area contributed by atoms with Crippen molar-refractivity contribution >= 4 is 17.2 Å². The lowest BCUT2D eigenvalue weighted by Gasteiger charge is -2.15. The summed E-state index contributed by atoms with van der Waals surface area (Å²) in [4.78, 5) is 17.6. The molecule has 0 bridgehead atoms. The fraction of sp³-hybridized carbons (Fsp3) is 0.0909. The summed E-state index contributed by atoms with van der Waals surface area (Å²) < 4.78 is 1.95. The van der Waals surface area contributed by atoms with E-state index in [0.29, 0.717) is 0 Å². The summed E-state index contributed by atoms with van der Waals surface area (Å²) in [5, 5.41) is 5.08. The second-order valence-corrected chi connectivity index (χ2v) is 7.20. The van der Waals surface area contributed by atoms with Gasteiger partial charge in [0, 0.05) is 23.6 Å². The largest absolute Gasteiger partial charge is 0.345 e. The van der Waals surface area contributed by atoms with Crippen LogP contribution in [0.25, 0.3) is 16.8 Å². The summed E-state index contributed by atoms with van der Waals surface area (Å²) in [6.07, 6.45) is 5.42. The maximum atomic E-state index is 12.8. The zero-order valence-corrected chi connectivity index (χ0v) is 15.7. The van der Waals surface area contributed by atoms with Gasteiger partial charge in [-0.3, -0.25) is 4.79 Å². The van der Waals surface area contributed by atoms with Gasteiger partial charge < -0.3 is 9.88 Å². The van der Waals surface area contributed by atoms with E-state index in [9.17, 15) is 4.79 Å². The summed E-state index contributed by atoms with van der Waals surface area (Å²) in [5.41, 5.74) is 4.13. The smallest absolute Gasteiger partial charge is 0.262 e. The first kappa shape index (κ1) is 17.2. The van der Waals surface area contributed by atoms with Crippen molar-refractivity contribution in [2.24, 2.45) is 0 Å². The molecule has 0 aliphatic rings. The zero-order chi connectivity index (χ0) is 18.6. The van der Waals surface area contributed by atoms with Gasteiger partial charge in [0.25, 0.3) is 5.91 Å². The number of amides is 1. The van der Waals surface area contributed by atoms with Gasteiger partial charge in [-0.2, -0.15) is 0 Å². The average molecular weight is 373 g/mol. The summed E-state index contributed by atoms with van der Waals surface area (Å²) in [5.74, 6) is -0.0463. The van der Waals surface area contributed by atoms with Crippen LogP contribution in [-0.2, 0) is 0 Å². The number of aromatic nitrogens is 2. The van der Waals surface area contributed by atoms with Crippen molar-refractivity contribution in [2.75, 3.05) is 0 Å². The van der Waals surface area contributed by atoms with E-state index < -0.39 is 0 Å². The monoisotopic (exact) mass is 373 g/mol. The number of nitrogens with one attached hydrogen (secondary N) is 1. The van der Waals surface area contributed by atoms with Crippen LogP contribution in [0.1, 0.15) is 28.2 Å². The van der Waals surface area contributed by atoms with E-state index in [0.717, 1.165) is 27.3 Å². The maximum Gasteiger partial charge on any atom is 0.262 e. The van der Waals surface area contributed by atoms with Gasteiger partial charge >= 0.3 is 0 Å². The Morgan fingerprint density at radius 2 is 1.85 bits per heavy atom. The molecule has 0 aliphatic heterocycles. The van der Waals surface area contributed by atoms with Gasteiger partial charge in [0.05, 0.1) is 17.2 Å². The maximum absolute atomic E-state index is 12.8. The first-order valence-electron chi connectivity index (χ1n) is 8.74. The van der Waals surface area contributed by atoms with E-state index in [1.165, 1.54) is 11.3 Å². The van der Waals surface area contributed by atoms with Crippen molar-refractivity contribution in [3.63, 3.8) is 0 Å². The number of nitrogens with zero attached hydrogens (tertiary/aromatic N) is 2. The summed E-state index contributed by atoms with van der Waals surface area (Å²) in [7, 11) is 0. The van der Waals surface area contributed by atoms with E-state index in [1.54, 1.807) is 12.5 Å². The molecule has 0 radical (unpaired) electrons. The fourth-order valence-electron chi connectivity index (χ4n) is 3.02. The van der Waals surface area contributed by atoms with Gasteiger partial charge in [-0.15, -0.1) is 11.3 Å². The van der Waals surface area contributed by atoms with Crippen LogP contribution < -0.4 is 5.32 Å². The molecule has 0 saturated heterocycles. The Morgan fingerprint density at radius 3 is 2.56 bits per heavy atom. The van der Waals surface area contributed by atoms with Gasteiger partial charge in [-0.25, -0.2) is 4.98 Å². The molecule has 0 aliphatic carbocycles. The molecule has 1 atom stereocenters. The second kappa shape index (κ2) is 7.60. The van der Waals surface area contributed by atoms with Gasteiger partial charge in [0.15, 0.2) is 0 Å². The Morgan fingerprint density at radius 1 is 1.07 bits per heavy atom. The molecule has 2 heterocycles. The SMILES string of the molecule is C[C@@H](NC(=O)c1sccc1-c1ccccc1)c1ccc(-n2ccnc2)cc1. The van der Waals surface area contributed by atoms with Crippen LogP contribution in [0.5, 0.6) is 0 Å². The van der Waals surface area contributed by atoms with Crippen molar-refractivity contribution in [1.29, 1.82) is 0 Å². The first-order chi connectivity index (χ1) is 13.2. The number of thiophene rings is 1. The Labute approximate surface area is 162 Å². The van der Waals surface area contributed by atoms with Crippen LogP contribution in [0, 0.1) is 0 Å². The highest BCUT2D eigenvalue weighted by Crippen LogP contribution is 2.28. The predicted molar refractivity (Wildman–Crippen MR) is 109 cm³/mol. The predicted octanol–water partition coefficient (Wildman–Crippen LogP) is 5.09. The minimum Gasteiger partial charge on any atom is -0.345 e. The van der Waals surface area contributed by atoms with Crippen molar-refractivity contribution in [2.45, 2.75) is 13.0 Å². The topological polar surface area (TPSA) is 46.9 Å². The summed E-state index contributed by atoms with van der Waals surface area (Å²) in [6, 6.07) is 20.0. The Hall–Kier alpha value is -3.18. The van der Waals surface area contributed by atoms with Crippen molar-refractivity contribution in [3.8, 4) is 16.8 Å². The molecule has 2 aromatic carbocycles. The highest BCUT2D eigenvalue weighted by atomic mass is 32.1. The van der Waals surface area contributed by atoms with Gasteiger partial charge in [-0.1, -0.05) is 42.5 Å². The molecule has 4 rings (SSSR count). The molecule has 2 aromatic heterocycles. The molecule has 1 amide bonds. The molecular weight excluding hydrogens is 354 g/mol. The lowest BCUT2D eigenvalue weighted by atomic mass is 10.1. The highest BCUT2D eigenvalue weighted by Gasteiger charge is 2.17. The molecular formula is C22H19N3OS. The molecule has 0 saturated carbocycles. The normalized spacial score (nSPS) is 11.9. The molecule has 0 unspecified atom stereocenters. The van der Waals surface area contributed by atoms with Gasteiger partial charge in [-0.05, 0) is 41.6 Å². The molecule has 1 N–H and O–H groups in total. The molecule has 4 aromatic rings. The van der Waals surface area contributed by atoms with Crippen LogP contribution in [0.4, 0.5) is 0 Å². The van der Waals surface area contributed by atoms with Crippen molar-refractivity contribution in [1.82, 2.24) is 14.9 Å². The third-order valence-corrected chi connectivity index (χ3v) is 5.41. The van der Waals surface area contributed by atoms with Crippen LogP contribution in [0.15, 0.2) is 84.8 Å². The number of imidazole rings is 1. The highest BCUT2D eigenvalue weighted by molar-refractivity contribution is 7.12. The standard InChI is InChI=1S/C22H19N3OS/c1-16(17-7-9-19(10-8-17)25-13-12-23-15-25)24-22(26)21-20(11-14-27-21)18-5-3-2-4-6-18/h2-16H,1H3,(H,24,26)/t16-/m1/s1. The van der Waals surface area contributed by atoms with Gasteiger partial charge in [0.2, 0.25) is 0 Å². The number of carbonyl (C=O) groups is 1. The second-order valence-electron chi connectivity index (χ2n) is 6.29. The van der Waals surface area contributed by atoms with E-state index in [4.69, 9.17) is 0 Å². The lowest BCUT2D eigenvalue weighted by Crippen LogP contribution is -2.26. The molecule has 134 valence electrons. The van der Waals surface area contributed by atoms with Gasteiger partial charge in [0.1, 0.15) is 0 Å². The van der Waals surface area contributed by atoms with Crippen LogP contribution in [0.2, 0.25) is 0 Å². The number of carbonyl (C=O) groups excluding carboxylic acids is 1. The number of hydrogen-bond acceptors (Lipinski definition) is 3. The van der Waals surface area contributed by atoms with E-state index in [-0.39, 0.29) is 11.9 Å². The van der Waals surface area contributed by atoms with Crippen molar-refractivity contribution < 1.29 is 4.79 Å². The third kappa shape index (κ3) is 3.68. The molecule has 0 spiro atoms. The minimum atomic E-state index is -0.0833. The summed E-state index contributed by atoms with van der Waals surface area (Å²) >= 11 is 1.47.